The van der Waals surface area contributed by atoms with E-state index in [2.05, 4.69) is 52.1 Å². The van der Waals surface area contributed by atoms with E-state index in [9.17, 15) is 9.90 Å². The minimum absolute atomic E-state index is 0.0236. The van der Waals surface area contributed by atoms with Crippen molar-refractivity contribution in [3.8, 4) is 22.9 Å². The first-order valence-electron chi connectivity index (χ1n) is 16.5. The molecule has 252 valence electrons. The third kappa shape index (κ3) is 6.57. The third-order valence-electron chi connectivity index (χ3n) is 9.74. The number of benzene rings is 3. The molecule has 6 aromatic rings. The fourth-order valence-electron chi connectivity index (χ4n) is 7.01. The van der Waals surface area contributed by atoms with Crippen LogP contribution in [0.5, 0.6) is 11.5 Å². The van der Waals surface area contributed by atoms with Crippen LogP contribution in [0.4, 0.5) is 8.78 Å². The summed E-state index contributed by atoms with van der Waals surface area (Å²) in [5.74, 6) is -1.32. The van der Waals surface area contributed by atoms with E-state index in [1.165, 1.54) is 24.3 Å². The number of aromatic amines is 2. The minimum atomic E-state index is -0.846. The fraction of sp³-hybridized carbons (Fsp3) is 0.316. The van der Waals surface area contributed by atoms with Crippen molar-refractivity contribution < 1.29 is 23.4 Å². The fourth-order valence-corrected chi connectivity index (χ4v) is 7.01. The number of imidazole rings is 1. The predicted octanol–water partition coefficient (Wildman–Crippen LogP) is 8.34. The van der Waals surface area contributed by atoms with Gasteiger partial charge in [-0.15, -0.1) is 5.10 Å². The third-order valence-corrected chi connectivity index (χ3v) is 9.74. The number of carbonyl (C=O) groups is 1. The molecule has 9 nitrogen and oxygen atoms in total. The summed E-state index contributed by atoms with van der Waals surface area (Å²) >= 11 is 0. The summed E-state index contributed by atoms with van der Waals surface area (Å²) in [4.78, 5) is 22.4. The SMILES string of the molecule is CC1(C)CCCC(C)(c2cccc(CCC(=O)O)c2)c2cnc([nH]2)-c2cc(ccc2F)Oc2c(F)cc3[nH]ccc3c2Cn2cc(nn2)C1. The first-order chi connectivity index (χ1) is 23.5. The number of fused-ring (bicyclic) bond motifs is 10. The van der Waals surface area contributed by atoms with E-state index < -0.39 is 23.0 Å². The zero-order chi connectivity index (χ0) is 34.3. The lowest BCUT2D eigenvalue weighted by atomic mass is 9.73. The molecule has 3 aromatic carbocycles. The zero-order valence-electron chi connectivity index (χ0n) is 27.7. The van der Waals surface area contributed by atoms with Gasteiger partial charge in [0.25, 0.3) is 0 Å². The quantitative estimate of drug-likeness (QED) is 0.174. The maximum atomic E-state index is 15.7. The minimum Gasteiger partial charge on any atom is -0.481 e. The average molecular weight is 665 g/mol. The van der Waals surface area contributed by atoms with Crippen molar-refractivity contribution in [2.24, 2.45) is 5.41 Å². The number of H-pyrrole nitrogens is 2. The van der Waals surface area contributed by atoms with Gasteiger partial charge >= 0.3 is 5.97 Å². The van der Waals surface area contributed by atoms with Crippen LogP contribution in [-0.4, -0.2) is 41.0 Å². The molecule has 1 atom stereocenters. The van der Waals surface area contributed by atoms with E-state index >= 15 is 8.78 Å². The van der Waals surface area contributed by atoms with Crippen LogP contribution in [0.3, 0.4) is 0 Å². The van der Waals surface area contributed by atoms with Gasteiger partial charge in [-0.25, -0.2) is 18.4 Å². The summed E-state index contributed by atoms with van der Waals surface area (Å²) in [6.45, 7) is 6.78. The number of aryl methyl sites for hydroxylation is 1. The van der Waals surface area contributed by atoms with Crippen LogP contribution in [0.25, 0.3) is 22.3 Å². The normalized spacial score (nSPS) is 17.8. The number of ether oxygens (including phenoxy) is 1. The molecule has 7 rings (SSSR count). The summed E-state index contributed by atoms with van der Waals surface area (Å²) in [6.07, 6.45) is 9.04. The molecule has 3 aromatic heterocycles. The molecule has 1 aliphatic heterocycles. The molecule has 49 heavy (non-hydrogen) atoms. The van der Waals surface area contributed by atoms with Crippen molar-refractivity contribution in [1.82, 2.24) is 29.9 Å². The molecule has 0 spiro atoms. The van der Waals surface area contributed by atoms with Crippen molar-refractivity contribution >= 4 is 16.9 Å². The molecule has 1 unspecified atom stereocenters. The number of carboxylic acids is 1. The second kappa shape index (κ2) is 12.6. The summed E-state index contributed by atoms with van der Waals surface area (Å²) in [5, 5.41) is 18.9. The van der Waals surface area contributed by atoms with Crippen LogP contribution in [0.1, 0.15) is 74.5 Å². The van der Waals surface area contributed by atoms with E-state index in [0.717, 1.165) is 47.2 Å². The first kappa shape index (κ1) is 32.2. The number of aliphatic carboxylic acids is 1. The molecule has 0 amide bonds. The molecule has 1 aliphatic rings. The van der Waals surface area contributed by atoms with E-state index in [0.29, 0.717) is 29.7 Å². The van der Waals surface area contributed by atoms with Gasteiger partial charge < -0.3 is 19.8 Å². The molecule has 0 saturated carbocycles. The number of aromatic nitrogens is 6. The van der Waals surface area contributed by atoms with Crippen LogP contribution in [-0.2, 0) is 29.6 Å². The summed E-state index contributed by atoms with van der Waals surface area (Å²) in [5.41, 5.74) is 4.30. The zero-order valence-corrected chi connectivity index (χ0v) is 27.7. The van der Waals surface area contributed by atoms with Crippen LogP contribution >= 0.6 is 0 Å². The molecular weight excluding hydrogens is 626 g/mol. The van der Waals surface area contributed by atoms with Crippen molar-refractivity contribution in [1.29, 1.82) is 0 Å². The average Bonchev–Trinajstić information content (AvgIpc) is 3.84. The largest absolute Gasteiger partial charge is 0.481 e. The van der Waals surface area contributed by atoms with Crippen molar-refractivity contribution in [3.63, 3.8) is 0 Å². The summed E-state index contributed by atoms with van der Waals surface area (Å²) < 4.78 is 39.1. The highest BCUT2D eigenvalue weighted by Gasteiger charge is 2.33. The molecule has 0 radical (unpaired) electrons. The highest BCUT2D eigenvalue weighted by atomic mass is 19.1. The van der Waals surface area contributed by atoms with E-state index in [1.807, 2.05) is 30.5 Å². The van der Waals surface area contributed by atoms with E-state index in [-0.39, 0.29) is 35.4 Å². The van der Waals surface area contributed by atoms with Gasteiger partial charge in [0.2, 0.25) is 0 Å². The number of nitrogens with zero attached hydrogens (tertiary/aromatic N) is 4. The first-order valence-corrected chi connectivity index (χ1v) is 16.5. The van der Waals surface area contributed by atoms with Gasteiger partial charge in [0.1, 0.15) is 17.4 Å². The van der Waals surface area contributed by atoms with E-state index in [4.69, 9.17) is 4.74 Å². The Morgan fingerprint density at radius 1 is 1.06 bits per heavy atom. The van der Waals surface area contributed by atoms with E-state index in [1.54, 1.807) is 17.1 Å². The Hall–Kier alpha value is -5.32. The van der Waals surface area contributed by atoms with Crippen LogP contribution in [0.2, 0.25) is 0 Å². The Morgan fingerprint density at radius 2 is 1.92 bits per heavy atom. The number of rotatable bonds is 4. The van der Waals surface area contributed by atoms with Gasteiger partial charge in [0, 0.05) is 58.7 Å². The second-order valence-electron chi connectivity index (χ2n) is 14.0. The highest BCUT2D eigenvalue weighted by molar-refractivity contribution is 5.85. The summed E-state index contributed by atoms with van der Waals surface area (Å²) in [6, 6.07) is 15.5. The standard InChI is InChI=1S/C38H38F2N6O3/c1-37(2)13-5-14-38(3,24-7-4-6-23(16-24)8-11-34(47)48)33-20-42-36(43-33)28-17-26(9-10-30(28)39)49-35-29(22-46-21-25(19-37)44-45-46)27-12-15-41-32(27)18-31(35)40/h4,6-7,9-10,12,15-18,20-21,41H,5,8,11,13-14,19,22H2,1-3H3,(H,42,43)(H,47,48). The van der Waals surface area contributed by atoms with Crippen LogP contribution < -0.4 is 4.74 Å². The monoisotopic (exact) mass is 664 g/mol. The van der Waals surface area contributed by atoms with Gasteiger partial charge in [-0.3, -0.25) is 4.79 Å². The lowest BCUT2D eigenvalue weighted by molar-refractivity contribution is -0.136. The Balaban J connectivity index is 1.34. The lowest BCUT2D eigenvalue weighted by Crippen LogP contribution is -2.26. The number of hydrogen-bond donors (Lipinski definition) is 3. The Morgan fingerprint density at radius 3 is 2.76 bits per heavy atom. The lowest BCUT2D eigenvalue weighted by Gasteiger charge is -2.32. The summed E-state index contributed by atoms with van der Waals surface area (Å²) in [7, 11) is 0. The van der Waals surface area contributed by atoms with Crippen LogP contribution in [0.15, 0.2) is 73.2 Å². The second-order valence-corrected chi connectivity index (χ2v) is 14.0. The number of carboxylic acid groups (broad SMARTS) is 1. The molecule has 0 saturated heterocycles. The highest BCUT2D eigenvalue weighted by Crippen LogP contribution is 2.41. The molecule has 6 bridgehead atoms. The molecule has 4 heterocycles. The number of halogens is 2. The van der Waals surface area contributed by atoms with Crippen molar-refractivity contribution in [2.75, 3.05) is 0 Å². The molecule has 11 heteroatoms. The van der Waals surface area contributed by atoms with Gasteiger partial charge in [-0.1, -0.05) is 49.7 Å². The number of nitrogens with one attached hydrogen (secondary N) is 2. The molecular formula is C38H38F2N6O3. The molecule has 0 aliphatic carbocycles. The van der Waals surface area contributed by atoms with Gasteiger partial charge in [-0.2, -0.15) is 0 Å². The van der Waals surface area contributed by atoms with Gasteiger partial charge in [0.15, 0.2) is 11.6 Å². The smallest absolute Gasteiger partial charge is 0.303 e. The predicted molar refractivity (Wildman–Crippen MR) is 182 cm³/mol. The Bertz CT molecular complexity index is 2170. The van der Waals surface area contributed by atoms with Crippen molar-refractivity contribution in [2.45, 2.75) is 71.3 Å². The van der Waals surface area contributed by atoms with Gasteiger partial charge in [0.05, 0.1) is 17.8 Å². The number of hydrogen-bond acceptors (Lipinski definition) is 5. The van der Waals surface area contributed by atoms with Crippen molar-refractivity contribution in [3.05, 3.63) is 113 Å². The molecule has 3 N–H and O–H groups in total. The molecule has 0 fully saturated rings. The van der Waals surface area contributed by atoms with Gasteiger partial charge in [-0.05, 0) is 73.4 Å². The van der Waals surface area contributed by atoms with Crippen LogP contribution in [0, 0.1) is 17.0 Å². The Kier molecular flexibility index (Phi) is 8.30. The maximum Gasteiger partial charge on any atom is 0.303 e. The topological polar surface area (TPSA) is 122 Å². The Labute approximate surface area is 282 Å². The maximum absolute atomic E-state index is 15.7.